The van der Waals surface area contributed by atoms with E-state index < -0.39 is 0 Å². The lowest BCUT2D eigenvalue weighted by Gasteiger charge is -2.14. The van der Waals surface area contributed by atoms with E-state index in [0.717, 1.165) is 11.3 Å². The second-order valence-corrected chi connectivity index (χ2v) is 3.62. The molecule has 0 spiro atoms. The van der Waals surface area contributed by atoms with Crippen LogP contribution in [-0.2, 0) is 4.79 Å². The zero-order valence-electron chi connectivity index (χ0n) is 10.1. The molecule has 0 amide bonds. The molecule has 1 atom stereocenters. The van der Waals surface area contributed by atoms with Crippen molar-refractivity contribution in [3.63, 3.8) is 0 Å². The molecule has 1 unspecified atom stereocenters. The van der Waals surface area contributed by atoms with Crippen molar-refractivity contribution in [2.24, 2.45) is 0 Å². The van der Waals surface area contributed by atoms with Gasteiger partial charge in [-0.2, -0.15) is 0 Å². The smallest absolute Gasteiger partial charge is 0.172 e. The zero-order chi connectivity index (χ0) is 12.0. The Morgan fingerprint density at radius 1 is 1.44 bits per heavy atom. The van der Waals surface area contributed by atoms with Gasteiger partial charge in [-0.05, 0) is 19.9 Å². The summed E-state index contributed by atoms with van der Waals surface area (Å²) in [7, 11) is 0. The van der Waals surface area contributed by atoms with Crippen LogP contribution >= 0.6 is 0 Å². The van der Waals surface area contributed by atoms with Crippen LogP contribution in [0.3, 0.4) is 0 Å². The van der Waals surface area contributed by atoms with Crippen molar-refractivity contribution in [1.82, 2.24) is 0 Å². The molecule has 0 bridgehead atoms. The van der Waals surface area contributed by atoms with Crippen molar-refractivity contribution in [3.05, 3.63) is 35.9 Å². The summed E-state index contributed by atoms with van der Waals surface area (Å²) in [6.07, 6.45) is 4.05. The number of ketones is 1. The lowest BCUT2D eigenvalue weighted by Crippen LogP contribution is -2.23. The minimum absolute atomic E-state index is 0.121. The summed E-state index contributed by atoms with van der Waals surface area (Å²) >= 11 is 0. The Hall–Kier alpha value is -1.57. The number of carbonyl (C=O) groups excluding carboxylic acids is 1. The molecule has 0 aliphatic heterocycles. The summed E-state index contributed by atoms with van der Waals surface area (Å²) in [5.41, 5.74) is 1.00. The van der Waals surface area contributed by atoms with Crippen LogP contribution < -0.4 is 4.74 Å². The maximum absolute atomic E-state index is 11.4. The highest BCUT2D eigenvalue weighted by atomic mass is 16.5. The van der Waals surface area contributed by atoms with E-state index in [1.165, 1.54) is 0 Å². The molecule has 0 aliphatic carbocycles. The van der Waals surface area contributed by atoms with E-state index >= 15 is 0 Å². The van der Waals surface area contributed by atoms with Gasteiger partial charge in [-0.25, -0.2) is 0 Å². The molecule has 2 heteroatoms. The zero-order valence-corrected chi connectivity index (χ0v) is 10.1. The van der Waals surface area contributed by atoms with Crippen molar-refractivity contribution in [1.29, 1.82) is 0 Å². The molecule has 1 aromatic carbocycles. The number of rotatable bonds is 5. The van der Waals surface area contributed by atoms with E-state index in [9.17, 15) is 4.79 Å². The highest BCUT2D eigenvalue weighted by Crippen LogP contribution is 2.21. The number of para-hydroxylation sites is 1. The number of hydrogen-bond acceptors (Lipinski definition) is 2. The fraction of sp³-hybridized carbons (Fsp3) is 0.357. The topological polar surface area (TPSA) is 26.3 Å². The van der Waals surface area contributed by atoms with Crippen LogP contribution in [0.4, 0.5) is 0 Å². The minimum atomic E-state index is -0.378. The Morgan fingerprint density at radius 2 is 2.12 bits per heavy atom. The van der Waals surface area contributed by atoms with Gasteiger partial charge in [-0.1, -0.05) is 37.3 Å². The van der Waals surface area contributed by atoms with Gasteiger partial charge in [0.2, 0.25) is 0 Å². The molecule has 0 saturated heterocycles. The van der Waals surface area contributed by atoms with E-state index in [-0.39, 0.29) is 11.9 Å². The molecule has 0 aromatic heterocycles. The lowest BCUT2D eigenvalue weighted by molar-refractivity contribution is -0.124. The molecule has 2 nitrogen and oxygen atoms in total. The molecule has 0 heterocycles. The second kappa shape index (κ2) is 6.11. The van der Waals surface area contributed by atoms with Crippen LogP contribution in [0.2, 0.25) is 0 Å². The number of ether oxygens (including phenoxy) is 1. The number of carbonyl (C=O) groups is 1. The van der Waals surface area contributed by atoms with Gasteiger partial charge >= 0.3 is 0 Å². The molecule has 86 valence electrons. The van der Waals surface area contributed by atoms with Crippen molar-refractivity contribution in [2.75, 3.05) is 0 Å². The monoisotopic (exact) mass is 218 g/mol. The predicted octanol–water partition coefficient (Wildman–Crippen LogP) is 3.47. The summed E-state index contributed by atoms with van der Waals surface area (Å²) in [6.45, 7) is 5.59. The maximum atomic E-state index is 11.4. The summed E-state index contributed by atoms with van der Waals surface area (Å²) in [5, 5.41) is 0. The standard InChI is InChI=1S/C14H18O2/c1-4-8-12-9-6-7-10-14(12)16-11(3)13(15)5-2/h4,6-11H,5H2,1-3H3. The average Bonchev–Trinajstić information content (AvgIpc) is 2.31. The molecular weight excluding hydrogens is 200 g/mol. The first-order chi connectivity index (χ1) is 7.69. The van der Waals surface area contributed by atoms with Crippen molar-refractivity contribution >= 4 is 11.9 Å². The van der Waals surface area contributed by atoms with Gasteiger partial charge in [-0.3, -0.25) is 4.79 Å². The first kappa shape index (κ1) is 12.5. The van der Waals surface area contributed by atoms with E-state index in [4.69, 9.17) is 4.74 Å². The number of allylic oxidation sites excluding steroid dienone is 1. The summed E-state index contributed by atoms with van der Waals surface area (Å²) in [4.78, 5) is 11.4. The van der Waals surface area contributed by atoms with Crippen LogP contribution in [0.25, 0.3) is 6.08 Å². The molecule has 0 radical (unpaired) electrons. The fourth-order valence-electron chi connectivity index (χ4n) is 1.45. The SMILES string of the molecule is CC=Cc1ccccc1OC(C)C(=O)CC. The highest BCUT2D eigenvalue weighted by molar-refractivity contribution is 5.82. The molecule has 0 fully saturated rings. The van der Waals surface area contributed by atoms with E-state index in [2.05, 4.69) is 0 Å². The van der Waals surface area contributed by atoms with Gasteiger partial charge in [0, 0.05) is 12.0 Å². The number of hydrogen-bond donors (Lipinski definition) is 0. The van der Waals surface area contributed by atoms with E-state index in [1.807, 2.05) is 50.3 Å². The molecule has 0 aliphatic rings. The van der Waals surface area contributed by atoms with Crippen LogP contribution in [0.1, 0.15) is 32.8 Å². The van der Waals surface area contributed by atoms with Gasteiger partial charge in [-0.15, -0.1) is 0 Å². The minimum Gasteiger partial charge on any atom is -0.482 e. The van der Waals surface area contributed by atoms with Crippen molar-refractivity contribution in [3.8, 4) is 5.75 Å². The lowest BCUT2D eigenvalue weighted by atomic mass is 10.1. The second-order valence-electron chi connectivity index (χ2n) is 3.62. The predicted molar refractivity (Wildman–Crippen MR) is 66.5 cm³/mol. The fourth-order valence-corrected chi connectivity index (χ4v) is 1.45. The quantitative estimate of drug-likeness (QED) is 0.756. The van der Waals surface area contributed by atoms with Gasteiger partial charge < -0.3 is 4.74 Å². The van der Waals surface area contributed by atoms with Gasteiger partial charge in [0.15, 0.2) is 11.9 Å². The van der Waals surface area contributed by atoms with Crippen LogP contribution in [0, 0.1) is 0 Å². The Labute approximate surface area is 96.9 Å². The van der Waals surface area contributed by atoms with E-state index in [0.29, 0.717) is 6.42 Å². The Bertz CT molecular complexity index is 380. The van der Waals surface area contributed by atoms with Gasteiger partial charge in [0.05, 0.1) is 0 Å². The summed E-state index contributed by atoms with van der Waals surface area (Å²) in [6, 6.07) is 7.72. The molecular formula is C14H18O2. The van der Waals surface area contributed by atoms with Crippen LogP contribution in [0.5, 0.6) is 5.75 Å². The first-order valence-electron chi connectivity index (χ1n) is 5.60. The van der Waals surface area contributed by atoms with Gasteiger partial charge in [0.1, 0.15) is 5.75 Å². The third-order valence-electron chi connectivity index (χ3n) is 2.37. The number of Topliss-reactive ketones (excluding diaryl/α,β-unsaturated/α-hetero) is 1. The summed E-state index contributed by atoms with van der Waals surface area (Å²) in [5.74, 6) is 0.880. The largest absolute Gasteiger partial charge is 0.482 e. The first-order valence-corrected chi connectivity index (χ1v) is 5.60. The number of benzene rings is 1. The normalized spacial score (nSPS) is 12.7. The molecule has 0 N–H and O–H groups in total. The molecule has 16 heavy (non-hydrogen) atoms. The van der Waals surface area contributed by atoms with Gasteiger partial charge in [0.25, 0.3) is 0 Å². The Morgan fingerprint density at radius 3 is 2.75 bits per heavy atom. The molecule has 1 aromatic rings. The maximum Gasteiger partial charge on any atom is 0.172 e. The van der Waals surface area contributed by atoms with Crippen LogP contribution in [-0.4, -0.2) is 11.9 Å². The molecule has 1 rings (SSSR count). The van der Waals surface area contributed by atoms with Crippen molar-refractivity contribution in [2.45, 2.75) is 33.3 Å². The average molecular weight is 218 g/mol. The Kier molecular flexibility index (Phi) is 4.77. The van der Waals surface area contributed by atoms with Crippen molar-refractivity contribution < 1.29 is 9.53 Å². The molecule has 0 saturated carbocycles. The summed E-state index contributed by atoms with van der Waals surface area (Å²) < 4.78 is 5.65. The van der Waals surface area contributed by atoms with Crippen LogP contribution in [0.15, 0.2) is 30.3 Å². The van der Waals surface area contributed by atoms with E-state index in [1.54, 1.807) is 6.92 Å². The Balaban J connectivity index is 2.84. The third kappa shape index (κ3) is 3.23. The highest BCUT2D eigenvalue weighted by Gasteiger charge is 2.13. The third-order valence-corrected chi connectivity index (χ3v) is 2.37.